The van der Waals surface area contributed by atoms with Crippen molar-refractivity contribution in [2.24, 2.45) is 10.7 Å². The molecule has 0 aliphatic rings. The van der Waals surface area contributed by atoms with Gasteiger partial charge in [0.1, 0.15) is 6.61 Å². The van der Waals surface area contributed by atoms with E-state index in [0.717, 1.165) is 33.7 Å². The minimum Gasteiger partial charge on any atom is -0.445 e. The molecule has 0 saturated heterocycles. The summed E-state index contributed by atoms with van der Waals surface area (Å²) in [7, 11) is 0. The Bertz CT molecular complexity index is 878. The van der Waals surface area contributed by atoms with Crippen LogP contribution in [0.1, 0.15) is 22.3 Å². The Kier molecular flexibility index (Phi) is 5.44. The van der Waals surface area contributed by atoms with Crippen LogP contribution in [0.5, 0.6) is 0 Å². The molecular formula is C22H20N2O2. The van der Waals surface area contributed by atoms with Gasteiger partial charge in [0.15, 0.2) is 0 Å². The predicted molar refractivity (Wildman–Crippen MR) is 104 cm³/mol. The van der Waals surface area contributed by atoms with E-state index in [1.807, 2.05) is 85.8 Å². The highest BCUT2D eigenvalue weighted by Gasteiger charge is 2.08. The van der Waals surface area contributed by atoms with Gasteiger partial charge >= 0.3 is 6.09 Å². The number of hydrogen-bond donors (Lipinski definition) is 1. The quantitative estimate of drug-likeness (QED) is 0.678. The molecule has 0 saturated carbocycles. The Morgan fingerprint density at radius 1 is 0.923 bits per heavy atom. The van der Waals surface area contributed by atoms with Crippen LogP contribution < -0.4 is 5.73 Å². The van der Waals surface area contributed by atoms with Gasteiger partial charge in [0.05, 0.1) is 11.4 Å². The second-order valence-corrected chi connectivity index (χ2v) is 5.98. The van der Waals surface area contributed by atoms with Gasteiger partial charge in [-0.15, -0.1) is 0 Å². The standard InChI is InChI=1S/C22H20N2O2/c1-16-12-17(15-26-22(23)25)14-20(13-16)24-21(18-8-4-2-5-9-18)19-10-6-3-7-11-19/h2-14H,15H2,1H3,(H2,23,25). The van der Waals surface area contributed by atoms with E-state index in [4.69, 9.17) is 15.5 Å². The molecule has 0 atom stereocenters. The number of ether oxygens (including phenoxy) is 1. The molecule has 130 valence electrons. The molecule has 0 bridgehead atoms. The van der Waals surface area contributed by atoms with Gasteiger partial charge in [-0.3, -0.25) is 0 Å². The maximum Gasteiger partial charge on any atom is 0.404 e. The normalized spacial score (nSPS) is 10.2. The summed E-state index contributed by atoms with van der Waals surface area (Å²) in [5.74, 6) is 0. The fraction of sp³-hybridized carbons (Fsp3) is 0.0909. The third kappa shape index (κ3) is 4.57. The Morgan fingerprint density at radius 2 is 1.50 bits per heavy atom. The van der Waals surface area contributed by atoms with Crippen molar-refractivity contribution in [2.75, 3.05) is 0 Å². The zero-order valence-corrected chi connectivity index (χ0v) is 14.6. The fourth-order valence-electron chi connectivity index (χ4n) is 2.76. The first-order chi connectivity index (χ1) is 12.6. The largest absolute Gasteiger partial charge is 0.445 e. The van der Waals surface area contributed by atoms with Gasteiger partial charge in [-0.2, -0.15) is 0 Å². The monoisotopic (exact) mass is 344 g/mol. The van der Waals surface area contributed by atoms with Gasteiger partial charge < -0.3 is 10.5 Å². The van der Waals surface area contributed by atoms with E-state index < -0.39 is 6.09 Å². The second kappa shape index (κ2) is 8.12. The minimum atomic E-state index is -0.786. The van der Waals surface area contributed by atoms with E-state index in [1.165, 1.54) is 0 Å². The lowest BCUT2D eigenvalue weighted by Gasteiger charge is -2.09. The summed E-state index contributed by atoms with van der Waals surface area (Å²) in [4.78, 5) is 15.8. The molecule has 0 aliphatic carbocycles. The van der Waals surface area contributed by atoms with E-state index in [1.54, 1.807) is 0 Å². The van der Waals surface area contributed by atoms with Crippen LogP contribution in [0.3, 0.4) is 0 Å². The number of aryl methyl sites for hydroxylation is 1. The number of nitrogens with two attached hydrogens (primary N) is 1. The summed E-state index contributed by atoms with van der Waals surface area (Å²) in [6, 6.07) is 26.0. The number of hydrogen-bond acceptors (Lipinski definition) is 3. The van der Waals surface area contributed by atoms with E-state index in [0.29, 0.717) is 0 Å². The molecule has 0 radical (unpaired) electrons. The van der Waals surface area contributed by atoms with Crippen molar-refractivity contribution in [1.29, 1.82) is 0 Å². The van der Waals surface area contributed by atoms with Crippen LogP contribution in [0.2, 0.25) is 0 Å². The summed E-state index contributed by atoms with van der Waals surface area (Å²) in [6.45, 7) is 2.11. The van der Waals surface area contributed by atoms with Crippen LogP contribution in [0.25, 0.3) is 0 Å². The highest BCUT2D eigenvalue weighted by Crippen LogP contribution is 2.22. The average Bonchev–Trinajstić information content (AvgIpc) is 2.65. The van der Waals surface area contributed by atoms with Crippen molar-refractivity contribution >= 4 is 17.5 Å². The zero-order chi connectivity index (χ0) is 18.4. The topological polar surface area (TPSA) is 64.7 Å². The minimum absolute atomic E-state index is 0.130. The molecule has 26 heavy (non-hydrogen) atoms. The summed E-state index contributed by atoms with van der Waals surface area (Å²) in [5.41, 5.74) is 10.7. The number of carbonyl (C=O) groups excluding carboxylic acids is 1. The second-order valence-electron chi connectivity index (χ2n) is 5.98. The van der Waals surface area contributed by atoms with Crippen LogP contribution >= 0.6 is 0 Å². The lowest BCUT2D eigenvalue weighted by Crippen LogP contribution is -2.12. The van der Waals surface area contributed by atoms with Gasteiger partial charge in [0.25, 0.3) is 0 Å². The van der Waals surface area contributed by atoms with Crippen molar-refractivity contribution < 1.29 is 9.53 Å². The van der Waals surface area contributed by atoms with Crippen molar-refractivity contribution in [3.8, 4) is 0 Å². The van der Waals surface area contributed by atoms with Crippen LogP contribution in [-0.4, -0.2) is 11.8 Å². The molecule has 0 aromatic heterocycles. The molecule has 0 heterocycles. The SMILES string of the molecule is Cc1cc(COC(N)=O)cc(N=C(c2ccccc2)c2ccccc2)c1. The molecule has 3 aromatic carbocycles. The zero-order valence-electron chi connectivity index (χ0n) is 14.6. The maximum absolute atomic E-state index is 10.9. The molecule has 0 spiro atoms. The first kappa shape index (κ1) is 17.4. The number of carbonyl (C=O) groups is 1. The van der Waals surface area contributed by atoms with Gasteiger partial charge in [0, 0.05) is 11.1 Å². The average molecular weight is 344 g/mol. The molecule has 0 unspecified atom stereocenters. The Hall–Kier alpha value is -3.40. The van der Waals surface area contributed by atoms with Crippen LogP contribution in [0.15, 0.2) is 83.9 Å². The third-order valence-corrected chi connectivity index (χ3v) is 3.84. The molecule has 3 rings (SSSR count). The summed E-state index contributed by atoms with van der Waals surface area (Å²) < 4.78 is 4.90. The third-order valence-electron chi connectivity index (χ3n) is 3.84. The molecule has 0 fully saturated rings. The number of primary amides is 1. The highest BCUT2D eigenvalue weighted by molar-refractivity contribution is 6.13. The van der Waals surface area contributed by atoms with Gasteiger partial charge in [-0.25, -0.2) is 9.79 Å². The maximum atomic E-state index is 10.9. The number of aliphatic imine (C=N–C) groups is 1. The Labute approximate surface area is 153 Å². The number of amides is 1. The molecule has 2 N–H and O–H groups in total. The van der Waals surface area contributed by atoms with Crippen molar-refractivity contribution in [3.05, 3.63) is 101 Å². The Balaban J connectivity index is 2.04. The van der Waals surface area contributed by atoms with Gasteiger partial charge in [0.2, 0.25) is 0 Å². The molecule has 3 aromatic rings. The molecule has 4 heteroatoms. The van der Waals surface area contributed by atoms with Crippen LogP contribution in [0.4, 0.5) is 10.5 Å². The highest BCUT2D eigenvalue weighted by atomic mass is 16.5. The van der Waals surface area contributed by atoms with Gasteiger partial charge in [-0.05, 0) is 30.2 Å². The van der Waals surface area contributed by atoms with E-state index >= 15 is 0 Å². The van der Waals surface area contributed by atoms with Crippen LogP contribution in [-0.2, 0) is 11.3 Å². The Morgan fingerprint density at radius 3 is 2.04 bits per heavy atom. The summed E-state index contributed by atoms with van der Waals surface area (Å²) in [5, 5.41) is 0. The summed E-state index contributed by atoms with van der Waals surface area (Å²) in [6.07, 6.45) is -0.786. The molecular weight excluding hydrogens is 324 g/mol. The molecule has 1 amide bonds. The first-order valence-corrected chi connectivity index (χ1v) is 8.34. The lowest BCUT2D eigenvalue weighted by molar-refractivity contribution is 0.150. The first-order valence-electron chi connectivity index (χ1n) is 8.34. The summed E-state index contributed by atoms with van der Waals surface area (Å²) >= 11 is 0. The number of rotatable bonds is 5. The van der Waals surface area contributed by atoms with E-state index in [9.17, 15) is 4.79 Å². The number of nitrogens with zero attached hydrogens (tertiary/aromatic N) is 1. The van der Waals surface area contributed by atoms with Gasteiger partial charge in [-0.1, -0.05) is 66.7 Å². The van der Waals surface area contributed by atoms with Crippen molar-refractivity contribution in [1.82, 2.24) is 0 Å². The lowest BCUT2D eigenvalue weighted by atomic mass is 10.0. The fourth-order valence-corrected chi connectivity index (χ4v) is 2.76. The number of benzene rings is 3. The predicted octanol–water partition coefficient (Wildman–Crippen LogP) is 4.76. The van der Waals surface area contributed by atoms with Crippen molar-refractivity contribution in [3.63, 3.8) is 0 Å². The van der Waals surface area contributed by atoms with Crippen LogP contribution in [0, 0.1) is 6.92 Å². The van der Waals surface area contributed by atoms with E-state index in [-0.39, 0.29) is 6.61 Å². The molecule has 4 nitrogen and oxygen atoms in total. The molecule has 0 aliphatic heterocycles. The van der Waals surface area contributed by atoms with E-state index in [2.05, 4.69) is 0 Å². The van der Waals surface area contributed by atoms with Crippen molar-refractivity contribution in [2.45, 2.75) is 13.5 Å². The smallest absolute Gasteiger partial charge is 0.404 e.